The average Bonchev–Trinajstić information content (AvgIpc) is 3.07. The summed E-state index contributed by atoms with van der Waals surface area (Å²) < 4.78 is 10.7. The average molecular weight is 402 g/mol. The first-order valence-electron chi connectivity index (χ1n) is 10.0. The van der Waals surface area contributed by atoms with Gasteiger partial charge in [0, 0.05) is 30.3 Å². The standard InChI is InChI=1S/C22H31N3O4/c1-14-19(17-7-6-16(28-4)12-18(17)29-5)23-24-20(14)21(26)25-10-8-15(9-11-25)13-22(2,3)27/h6-7,12,15,27H,8-11,13H2,1-5H3,(H,23,24). The molecule has 0 atom stereocenters. The van der Waals surface area contributed by atoms with E-state index in [1.165, 1.54) is 0 Å². The SMILES string of the molecule is COc1ccc(-c2n[nH]c(C(=O)N3CCC(CC(C)(C)O)CC3)c2C)c(OC)c1. The molecule has 1 fully saturated rings. The molecule has 2 N–H and O–H groups in total. The number of H-pyrrole nitrogens is 1. The van der Waals surface area contributed by atoms with E-state index in [9.17, 15) is 9.90 Å². The first-order valence-corrected chi connectivity index (χ1v) is 10.0. The van der Waals surface area contributed by atoms with E-state index in [0.29, 0.717) is 41.9 Å². The van der Waals surface area contributed by atoms with E-state index in [1.807, 2.05) is 37.8 Å². The number of rotatable bonds is 6. The lowest BCUT2D eigenvalue weighted by Crippen LogP contribution is -2.40. The lowest BCUT2D eigenvalue weighted by atomic mass is 9.86. The third kappa shape index (κ3) is 4.72. The Kier molecular flexibility index (Phi) is 6.17. The first-order chi connectivity index (χ1) is 13.7. The molecule has 1 aromatic carbocycles. The molecular weight excluding hydrogens is 370 g/mol. The molecule has 0 bridgehead atoms. The second-order valence-corrected chi connectivity index (χ2v) is 8.39. The monoisotopic (exact) mass is 401 g/mol. The van der Waals surface area contributed by atoms with Crippen molar-refractivity contribution in [2.24, 2.45) is 5.92 Å². The zero-order valence-corrected chi connectivity index (χ0v) is 17.9. The number of hydrogen-bond acceptors (Lipinski definition) is 5. The molecule has 1 aromatic heterocycles. The Morgan fingerprint density at radius 1 is 1.28 bits per heavy atom. The minimum absolute atomic E-state index is 0.0320. The Labute approximate surface area is 172 Å². The smallest absolute Gasteiger partial charge is 0.272 e. The van der Waals surface area contributed by atoms with Gasteiger partial charge in [-0.2, -0.15) is 5.10 Å². The van der Waals surface area contributed by atoms with Crippen molar-refractivity contribution in [3.05, 3.63) is 29.5 Å². The number of benzene rings is 1. The molecule has 2 heterocycles. The molecule has 7 heteroatoms. The summed E-state index contributed by atoms with van der Waals surface area (Å²) in [6.07, 6.45) is 2.57. The summed E-state index contributed by atoms with van der Waals surface area (Å²) in [6.45, 7) is 6.97. The van der Waals surface area contributed by atoms with Gasteiger partial charge in [0.15, 0.2) is 0 Å². The predicted octanol–water partition coefficient (Wildman–Crippen LogP) is 3.42. The van der Waals surface area contributed by atoms with E-state index in [-0.39, 0.29) is 5.91 Å². The third-order valence-corrected chi connectivity index (χ3v) is 5.58. The van der Waals surface area contributed by atoms with Crippen LogP contribution in [0.25, 0.3) is 11.3 Å². The molecule has 3 rings (SSSR count). The summed E-state index contributed by atoms with van der Waals surface area (Å²) in [4.78, 5) is 14.9. The molecule has 0 unspecified atom stereocenters. The molecule has 1 aliphatic rings. The van der Waals surface area contributed by atoms with Gasteiger partial charge < -0.3 is 19.5 Å². The number of carbonyl (C=O) groups excluding carboxylic acids is 1. The summed E-state index contributed by atoms with van der Waals surface area (Å²) in [7, 11) is 3.21. The van der Waals surface area contributed by atoms with E-state index in [4.69, 9.17) is 9.47 Å². The fourth-order valence-electron chi connectivity index (χ4n) is 4.07. The molecule has 7 nitrogen and oxygen atoms in total. The summed E-state index contributed by atoms with van der Waals surface area (Å²) >= 11 is 0. The first kappa shape index (κ1) is 21.2. The number of aliphatic hydroxyl groups is 1. The molecule has 1 aliphatic heterocycles. The van der Waals surface area contributed by atoms with Crippen LogP contribution in [0.1, 0.15) is 49.2 Å². The van der Waals surface area contributed by atoms with Crippen molar-refractivity contribution >= 4 is 5.91 Å². The maximum atomic E-state index is 13.1. The Morgan fingerprint density at radius 3 is 2.55 bits per heavy atom. The van der Waals surface area contributed by atoms with Crippen LogP contribution in [-0.4, -0.2) is 59.0 Å². The highest BCUT2D eigenvalue weighted by Crippen LogP contribution is 2.35. The molecule has 158 valence electrons. The molecule has 0 spiro atoms. The molecule has 2 aromatic rings. The van der Waals surface area contributed by atoms with Crippen LogP contribution in [-0.2, 0) is 0 Å². The minimum Gasteiger partial charge on any atom is -0.497 e. The summed E-state index contributed by atoms with van der Waals surface area (Å²) in [6, 6.07) is 5.54. The summed E-state index contributed by atoms with van der Waals surface area (Å²) in [5, 5.41) is 17.4. The van der Waals surface area contributed by atoms with Gasteiger partial charge in [0.25, 0.3) is 5.91 Å². The lowest BCUT2D eigenvalue weighted by Gasteiger charge is -2.34. The molecule has 0 saturated carbocycles. The van der Waals surface area contributed by atoms with Gasteiger partial charge in [-0.25, -0.2) is 0 Å². The number of carbonyl (C=O) groups is 1. The summed E-state index contributed by atoms with van der Waals surface area (Å²) in [5.41, 5.74) is 2.16. The number of aromatic nitrogens is 2. The van der Waals surface area contributed by atoms with Gasteiger partial charge in [-0.05, 0) is 58.1 Å². The van der Waals surface area contributed by atoms with Crippen molar-refractivity contribution in [3.8, 4) is 22.8 Å². The maximum absolute atomic E-state index is 13.1. The van der Waals surface area contributed by atoms with Crippen molar-refractivity contribution in [2.45, 2.75) is 45.6 Å². The number of piperidine rings is 1. The van der Waals surface area contributed by atoms with Crippen molar-refractivity contribution < 1.29 is 19.4 Å². The van der Waals surface area contributed by atoms with Gasteiger partial charge >= 0.3 is 0 Å². The molecule has 1 saturated heterocycles. The number of nitrogens with one attached hydrogen (secondary N) is 1. The van der Waals surface area contributed by atoms with Gasteiger partial charge in [-0.3, -0.25) is 9.89 Å². The molecular formula is C22H31N3O4. The van der Waals surface area contributed by atoms with Crippen LogP contribution in [0.5, 0.6) is 11.5 Å². The van der Waals surface area contributed by atoms with Crippen LogP contribution in [0.15, 0.2) is 18.2 Å². The van der Waals surface area contributed by atoms with Gasteiger partial charge in [-0.1, -0.05) is 0 Å². The normalized spacial score (nSPS) is 15.4. The highest BCUT2D eigenvalue weighted by Gasteiger charge is 2.29. The fraction of sp³-hybridized carbons (Fsp3) is 0.545. The van der Waals surface area contributed by atoms with Crippen LogP contribution in [0.3, 0.4) is 0 Å². The second kappa shape index (κ2) is 8.45. The number of ether oxygens (including phenoxy) is 2. The van der Waals surface area contributed by atoms with Crippen LogP contribution >= 0.6 is 0 Å². The minimum atomic E-state index is -0.664. The number of methoxy groups -OCH3 is 2. The zero-order chi connectivity index (χ0) is 21.2. The Morgan fingerprint density at radius 2 is 1.97 bits per heavy atom. The highest BCUT2D eigenvalue weighted by atomic mass is 16.5. The number of nitrogens with zero attached hydrogens (tertiary/aromatic N) is 2. The molecule has 29 heavy (non-hydrogen) atoms. The lowest BCUT2D eigenvalue weighted by molar-refractivity contribution is 0.0356. The van der Waals surface area contributed by atoms with Crippen molar-refractivity contribution in [1.82, 2.24) is 15.1 Å². The Balaban J connectivity index is 1.76. The van der Waals surface area contributed by atoms with E-state index >= 15 is 0 Å². The second-order valence-electron chi connectivity index (χ2n) is 8.39. The number of likely N-dealkylation sites (tertiary alicyclic amines) is 1. The molecule has 0 aliphatic carbocycles. The van der Waals surface area contributed by atoms with Crippen molar-refractivity contribution in [2.75, 3.05) is 27.3 Å². The van der Waals surface area contributed by atoms with Gasteiger partial charge in [0.2, 0.25) is 0 Å². The third-order valence-electron chi connectivity index (χ3n) is 5.58. The van der Waals surface area contributed by atoms with Crippen LogP contribution in [0.4, 0.5) is 0 Å². The van der Waals surface area contributed by atoms with E-state index in [1.54, 1.807) is 20.3 Å². The maximum Gasteiger partial charge on any atom is 0.272 e. The van der Waals surface area contributed by atoms with Gasteiger partial charge in [0.1, 0.15) is 17.2 Å². The van der Waals surface area contributed by atoms with Gasteiger partial charge in [0.05, 0.1) is 25.5 Å². The van der Waals surface area contributed by atoms with E-state index < -0.39 is 5.60 Å². The largest absolute Gasteiger partial charge is 0.497 e. The summed E-state index contributed by atoms with van der Waals surface area (Å²) in [5.74, 6) is 1.76. The zero-order valence-electron chi connectivity index (χ0n) is 17.9. The highest BCUT2D eigenvalue weighted by molar-refractivity contribution is 5.95. The molecule has 1 amide bonds. The topological polar surface area (TPSA) is 87.7 Å². The molecule has 0 radical (unpaired) electrons. The predicted molar refractivity (Wildman–Crippen MR) is 111 cm³/mol. The van der Waals surface area contributed by atoms with Crippen molar-refractivity contribution in [1.29, 1.82) is 0 Å². The quantitative estimate of drug-likeness (QED) is 0.774. The Hall–Kier alpha value is -2.54. The van der Waals surface area contributed by atoms with Gasteiger partial charge in [-0.15, -0.1) is 0 Å². The van der Waals surface area contributed by atoms with E-state index in [2.05, 4.69) is 10.2 Å². The van der Waals surface area contributed by atoms with Crippen LogP contribution in [0, 0.1) is 12.8 Å². The number of aromatic amines is 1. The van der Waals surface area contributed by atoms with Crippen LogP contribution < -0.4 is 9.47 Å². The number of hydrogen-bond donors (Lipinski definition) is 2. The fourth-order valence-corrected chi connectivity index (χ4v) is 4.07. The van der Waals surface area contributed by atoms with E-state index in [0.717, 1.165) is 30.4 Å². The number of amides is 1. The van der Waals surface area contributed by atoms with Crippen molar-refractivity contribution in [3.63, 3.8) is 0 Å². The Bertz CT molecular complexity index is 861. The van der Waals surface area contributed by atoms with Crippen LogP contribution in [0.2, 0.25) is 0 Å².